The predicted molar refractivity (Wildman–Crippen MR) is 218 cm³/mol. The van der Waals surface area contributed by atoms with Crippen molar-refractivity contribution in [3.8, 4) is 22.3 Å². The van der Waals surface area contributed by atoms with Gasteiger partial charge in [-0.25, -0.2) is 0 Å². The maximum absolute atomic E-state index is 6.01. The van der Waals surface area contributed by atoms with Crippen LogP contribution in [0.4, 0.5) is 0 Å². The minimum Gasteiger partial charge on any atom is -0.456 e. The number of benzene rings is 6. The topological polar surface area (TPSA) is 39.2 Å². The zero-order chi connectivity index (χ0) is 35.4. The maximum atomic E-state index is 6.01. The number of para-hydroxylation sites is 2. The van der Waals surface area contributed by atoms with E-state index in [2.05, 4.69) is 141 Å². The van der Waals surface area contributed by atoms with Gasteiger partial charge >= 0.3 is 0 Å². The van der Waals surface area contributed by atoms with Crippen LogP contribution in [0.3, 0.4) is 0 Å². The molecule has 3 heterocycles. The molecule has 0 spiro atoms. The fraction of sp³-hybridized carbons (Fsp3) is 0.163. The molecule has 0 fully saturated rings. The molecule has 0 aliphatic rings. The Morgan fingerprint density at radius 1 is 0.423 bits per heavy atom. The Hall–Kier alpha value is -5.93. The van der Waals surface area contributed by atoms with Crippen molar-refractivity contribution in [1.29, 1.82) is 0 Å². The third-order valence-electron chi connectivity index (χ3n) is 10.1. The fourth-order valence-corrected chi connectivity index (χ4v) is 7.37. The van der Waals surface area contributed by atoms with Crippen molar-refractivity contribution >= 4 is 43.9 Å². The van der Waals surface area contributed by atoms with Gasteiger partial charge in [0.2, 0.25) is 0 Å². The molecule has 9 rings (SSSR count). The van der Waals surface area contributed by atoms with E-state index in [4.69, 9.17) is 8.83 Å². The van der Waals surface area contributed by atoms with Crippen LogP contribution in [-0.2, 0) is 25.7 Å². The van der Waals surface area contributed by atoms with Crippen molar-refractivity contribution in [2.75, 3.05) is 0 Å². The van der Waals surface area contributed by atoms with Gasteiger partial charge in [0, 0.05) is 45.1 Å². The molecular weight excluding hydrogens is 635 g/mol. The molecule has 3 heteroatoms. The lowest BCUT2D eigenvalue weighted by Gasteiger charge is -2.13. The average molecular weight is 678 g/mol. The van der Waals surface area contributed by atoms with Crippen LogP contribution < -0.4 is 0 Å². The Morgan fingerprint density at radius 2 is 0.885 bits per heavy atom. The Labute approximate surface area is 305 Å². The van der Waals surface area contributed by atoms with E-state index in [9.17, 15) is 0 Å². The largest absolute Gasteiger partial charge is 0.456 e. The zero-order valence-electron chi connectivity index (χ0n) is 30.1. The first-order valence-electron chi connectivity index (χ1n) is 18.5. The first-order valence-corrected chi connectivity index (χ1v) is 18.5. The van der Waals surface area contributed by atoms with Gasteiger partial charge in [-0.1, -0.05) is 118 Å². The van der Waals surface area contributed by atoms with E-state index in [1.165, 1.54) is 54.9 Å². The highest BCUT2D eigenvalue weighted by Gasteiger charge is 2.12. The van der Waals surface area contributed by atoms with Gasteiger partial charge in [-0.05, 0) is 107 Å². The van der Waals surface area contributed by atoms with Gasteiger partial charge in [0.05, 0.1) is 0 Å². The van der Waals surface area contributed by atoms with Crippen LogP contribution in [0.25, 0.3) is 66.1 Å². The summed E-state index contributed by atoms with van der Waals surface area (Å²) in [4.78, 5) is 4.57. The summed E-state index contributed by atoms with van der Waals surface area (Å²) in [6.07, 6.45) is 8.10. The minimum absolute atomic E-state index is 0.520. The van der Waals surface area contributed by atoms with Crippen molar-refractivity contribution in [1.82, 2.24) is 4.98 Å². The zero-order valence-corrected chi connectivity index (χ0v) is 30.1. The van der Waals surface area contributed by atoms with E-state index >= 15 is 0 Å². The molecular formula is C49H43NO2. The summed E-state index contributed by atoms with van der Waals surface area (Å²) >= 11 is 0. The smallest absolute Gasteiger partial charge is 0.135 e. The van der Waals surface area contributed by atoms with Gasteiger partial charge in [-0.3, -0.25) is 4.98 Å². The molecule has 6 aromatic carbocycles. The van der Waals surface area contributed by atoms with Crippen molar-refractivity contribution in [3.05, 3.63) is 174 Å². The van der Waals surface area contributed by atoms with Crippen LogP contribution in [-0.4, -0.2) is 4.98 Å². The summed E-state index contributed by atoms with van der Waals surface area (Å²) in [6.45, 7) is 6.70. The maximum Gasteiger partial charge on any atom is 0.135 e. The highest BCUT2D eigenvalue weighted by atomic mass is 16.3. The Balaban J connectivity index is 0.000000214. The molecule has 0 aliphatic carbocycles. The Bertz CT molecular complexity index is 2640. The first kappa shape index (κ1) is 33.2. The number of furan rings is 2. The van der Waals surface area contributed by atoms with Gasteiger partial charge in [-0.2, -0.15) is 0 Å². The highest BCUT2D eigenvalue weighted by Crippen LogP contribution is 2.32. The molecule has 0 bridgehead atoms. The highest BCUT2D eigenvalue weighted by molar-refractivity contribution is 6.05. The second-order valence-corrected chi connectivity index (χ2v) is 13.9. The number of aromatic nitrogens is 1. The quantitative estimate of drug-likeness (QED) is 0.161. The van der Waals surface area contributed by atoms with Gasteiger partial charge in [-0.15, -0.1) is 0 Å². The number of hydrogen-bond acceptors (Lipinski definition) is 3. The molecule has 0 aliphatic heterocycles. The van der Waals surface area contributed by atoms with Crippen LogP contribution in [0.15, 0.2) is 161 Å². The van der Waals surface area contributed by atoms with Crippen LogP contribution in [0, 0.1) is 5.92 Å². The summed E-state index contributed by atoms with van der Waals surface area (Å²) in [6, 6.07) is 49.5. The third kappa shape index (κ3) is 7.00. The number of hydrogen-bond donors (Lipinski definition) is 0. The van der Waals surface area contributed by atoms with Crippen molar-refractivity contribution < 1.29 is 8.83 Å². The lowest BCUT2D eigenvalue weighted by atomic mass is 9.92. The molecule has 0 amide bonds. The predicted octanol–water partition coefficient (Wildman–Crippen LogP) is 13.4. The van der Waals surface area contributed by atoms with Crippen LogP contribution in [0.1, 0.15) is 43.0 Å². The van der Waals surface area contributed by atoms with E-state index in [-0.39, 0.29) is 0 Å². The number of aryl methyl sites for hydroxylation is 2. The second-order valence-electron chi connectivity index (χ2n) is 13.9. The van der Waals surface area contributed by atoms with Crippen molar-refractivity contribution in [2.45, 2.75) is 46.5 Å². The van der Waals surface area contributed by atoms with Gasteiger partial charge in [0.1, 0.15) is 22.3 Å². The van der Waals surface area contributed by atoms with Gasteiger partial charge in [0.25, 0.3) is 0 Å². The van der Waals surface area contributed by atoms with Gasteiger partial charge in [0.15, 0.2) is 0 Å². The number of rotatable bonds is 8. The van der Waals surface area contributed by atoms with E-state index in [0.717, 1.165) is 59.1 Å². The molecule has 0 N–H and O–H groups in total. The average Bonchev–Trinajstić information content (AvgIpc) is 3.76. The molecule has 256 valence electrons. The second kappa shape index (κ2) is 14.7. The van der Waals surface area contributed by atoms with E-state index in [1.807, 2.05) is 36.7 Å². The Morgan fingerprint density at radius 3 is 1.48 bits per heavy atom. The van der Waals surface area contributed by atoms with Crippen LogP contribution in [0.2, 0.25) is 0 Å². The normalized spacial score (nSPS) is 12.0. The molecule has 3 nitrogen and oxygen atoms in total. The van der Waals surface area contributed by atoms with Gasteiger partial charge < -0.3 is 8.83 Å². The lowest BCUT2D eigenvalue weighted by Crippen LogP contribution is -2.04. The molecule has 3 aromatic heterocycles. The van der Waals surface area contributed by atoms with Crippen molar-refractivity contribution in [3.63, 3.8) is 0 Å². The van der Waals surface area contributed by atoms with Crippen LogP contribution in [0.5, 0.6) is 0 Å². The summed E-state index contributed by atoms with van der Waals surface area (Å²) in [5.74, 6) is 0.520. The number of nitrogens with zero attached hydrogens (tertiary/aromatic N) is 1. The molecule has 52 heavy (non-hydrogen) atoms. The molecule has 1 unspecified atom stereocenters. The Kier molecular flexibility index (Phi) is 9.42. The standard InChI is InChI=1S/C35H31NO.C14H12O/c1-3-25-8-6-10-28(18-25)30-21-31(23-36-22-30)29-11-7-9-26(19-29)16-24(2)17-27-14-15-35-33(20-27)32-12-4-5-13-34(32)37-35;1-2-10-7-8-14-12(9-10)11-5-3-4-6-13(11)15-14/h4-15,18-24H,3,16-17H2,1-2H3;3-9H,2H2,1H3. The summed E-state index contributed by atoms with van der Waals surface area (Å²) in [5.41, 5.74) is 14.0. The SMILES string of the molecule is CCc1ccc2oc3ccccc3c2c1.CCc1cccc(-c2cncc(-c3cccc(CC(C)Cc4ccc5oc6ccccc6c5c4)c3)c2)c1. The molecule has 1 atom stereocenters. The molecule has 0 saturated heterocycles. The minimum atomic E-state index is 0.520. The summed E-state index contributed by atoms with van der Waals surface area (Å²) in [7, 11) is 0. The fourth-order valence-electron chi connectivity index (χ4n) is 7.37. The van der Waals surface area contributed by atoms with E-state index in [1.54, 1.807) is 0 Å². The van der Waals surface area contributed by atoms with E-state index in [0.29, 0.717) is 5.92 Å². The van der Waals surface area contributed by atoms with Crippen LogP contribution >= 0.6 is 0 Å². The number of fused-ring (bicyclic) bond motifs is 6. The molecule has 9 aromatic rings. The van der Waals surface area contributed by atoms with E-state index < -0.39 is 0 Å². The third-order valence-corrected chi connectivity index (χ3v) is 10.1. The molecule has 0 radical (unpaired) electrons. The molecule has 0 saturated carbocycles. The summed E-state index contributed by atoms with van der Waals surface area (Å²) in [5, 5.41) is 4.84. The summed E-state index contributed by atoms with van der Waals surface area (Å²) < 4.78 is 11.8. The number of pyridine rings is 1. The lowest BCUT2D eigenvalue weighted by molar-refractivity contribution is 0.577. The van der Waals surface area contributed by atoms with Crippen molar-refractivity contribution in [2.24, 2.45) is 5.92 Å². The first-order chi connectivity index (χ1) is 25.5. The monoisotopic (exact) mass is 677 g/mol.